The summed E-state index contributed by atoms with van der Waals surface area (Å²) in [4.78, 5) is 11.7. The molecule has 1 aromatic heterocycles. The summed E-state index contributed by atoms with van der Waals surface area (Å²) in [5.74, 6) is 0. The smallest absolute Gasteiger partial charge is 0.251 e. The van der Waals surface area contributed by atoms with Crippen LogP contribution in [-0.4, -0.2) is 4.57 Å². The van der Waals surface area contributed by atoms with E-state index in [1.165, 1.54) is 10.9 Å². The highest BCUT2D eigenvalue weighted by Gasteiger charge is 2.20. The predicted octanol–water partition coefficient (Wildman–Crippen LogP) is 2.12. The number of hydrogen-bond acceptors (Lipinski definition) is 1. The van der Waals surface area contributed by atoms with Gasteiger partial charge in [0.2, 0.25) is 0 Å². The minimum Gasteiger partial charge on any atom is -0.305 e. The molecule has 3 rings (SSSR count). The van der Waals surface area contributed by atoms with Crippen LogP contribution in [0.25, 0.3) is 10.9 Å². The number of nitrogens with zero attached hydrogens (tertiary/aromatic N) is 1. The fraction of sp³-hybridized carbons (Fsp3) is 0.250. The second-order valence-corrected chi connectivity index (χ2v) is 3.95. The Balaban J connectivity index is 2.59. The number of aromatic nitrogens is 1. The van der Waals surface area contributed by atoms with Crippen LogP contribution in [0.5, 0.6) is 0 Å². The predicted molar refractivity (Wildman–Crippen MR) is 56.6 cm³/mol. The molecule has 2 aromatic rings. The summed E-state index contributed by atoms with van der Waals surface area (Å²) in [6.07, 6.45) is 0.983. The van der Waals surface area contributed by atoms with Gasteiger partial charge in [-0.05, 0) is 30.4 Å². The van der Waals surface area contributed by atoms with E-state index in [0.29, 0.717) is 6.04 Å². The second-order valence-electron chi connectivity index (χ2n) is 3.95. The van der Waals surface area contributed by atoms with Crippen molar-refractivity contribution in [3.05, 3.63) is 46.2 Å². The summed E-state index contributed by atoms with van der Waals surface area (Å²) in [7, 11) is 0. The quantitative estimate of drug-likeness (QED) is 0.616. The summed E-state index contributed by atoms with van der Waals surface area (Å²) in [6, 6.07) is 10.1. The summed E-state index contributed by atoms with van der Waals surface area (Å²) in [6.45, 7) is 2.10. The lowest BCUT2D eigenvalue weighted by Crippen LogP contribution is -2.19. The Morgan fingerprint density at radius 3 is 3.00 bits per heavy atom. The molecule has 0 fully saturated rings. The van der Waals surface area contributed by atoms with E-state index >= 15 is 0 Å². The Labute approximate surface area is 81.8 Å². The van der Waals surface area contributed by atoms with Gasteiger partial charge in [0.05, 0.1) is 5.52 Å². The first kappa shape index (κ1) is 7.80. The highest BCUT2D eigenvalue weighted by Crippen LogP contribution is 2.29. The van der Waals surface area contributed by atoms with Crippen molar-refractivity contribution >= 4 is 10.9 Å². The van der Waals surface area contributed by atoms with E-state index in [1.807, 2.05) is 10.6 Å². The average molecular weight is 185 g/mol. The van der Waals surface area contributed by atoms with Crippen LogP contribution >= 0.6 is 0 Å². The Hall–Kier alpha value is -1.57. The van der Waals surface area contributed by atoms with Gasteiger partial charge in [0.25, 0.3) is 5.56 Å². The largest absolute Gasteiger partial charge is 0.305 e. The fourth-order valence-electron chi connectivity index (χ4n) is 2.40. The third-order valence-corrected chi connectivity index (χ3v) is 2.99. The van der Waals surface area contributed by atoms with Crippen LogP contribution in [0.15, 0.2) is 35.1 Å². The lowest BCUT2D eigenvalue weighted by atomic mass is 10.1. The Kier molecular flexibility index (Phi) is 1.38. The van der Waals surface area contributed by atoms with Crippen molar-refractivity contribution in [1.82, 2.24) is 4.57 Å². The molecule has 1 atom stereocenters. The first-order chi connectivity index (χ1) is 6.77. The molecule has 0 saturated carbocycles. The van der Waals surface area contributed by atoms with Crippen molar-refractivity contribution in [3.8, 4) is 0 Å². The van der Waals surface area contributed by atoms with Gasteiger partial charge in [0.15, 0.2) is 0 Å². The molecule has 0 bridgehead atoms. The second kappa shape index (κ2) is 2.47. The molecule has 2 heteroatoms. The van der Waals surface area contributed by atoms with E-state index in [2.05, 4.69) is 25.1 Å². The van der Waals surface area contributed by atoms with E-state index in [-0.39, 0.29) is 5.56 Å². The molecule has 14 heavy (non-hydrogen) atoms. The molecule has 0 N–H and O–H groups in total. The monoisotopic (exact) mass is 185 g/mol. The van der Waals surface area contributed by atoms with Gasteiger partial charge >= 0.3 is 0 Å². The molecule has 1 aliphatic rings. The molecule has 2 nitrogen and oxygen atoms in total. The van der Waals surface area contributed by atoms with E-state index in [0.717, 1.165) is 11.9 Å². The number of rotatable bonds is 0. The van der Waals surface area contributed by atoms with Crippen molar-refractivity contribution < 1.29 is 0 Å². The molecule has 0 amide bonds. The molecule has 0 radical (unpaired) electrons. The number of benzene rings is 1. The summed E-state index contributed by atoms with van der Waals surface area (Å²) < 4.78 is 1.91. The van der Waals surface area contributed by atoms with Gasteiger partial charge in [0.1, 0.15) is 0 Å². The molecule has 1 aromatic carbocycles. The van der Waals surface area contributed by atoms with Crippen molar-refractivity contribution in [1.29, 1.82) is 0 Å². The molecule has 70 valence electrons. The minimum atomic E-state index is 0.120. The zero-order valence-electron chi connectivity index (χ0n) is 8.03. The molecule has 2 heterocycles. The van der Waals surface area contributed by atoms with Crippen LogP contribution < -0.4 is 5.56 Å². The first-order valence-corrected chi connectivity index (χ1v) is 4.90. The van der Waals surface area contributed by atoms with Gasteiger partial charge in [-0.3, -0.25) is 4.79 Å². The van der Waals surface area contributed by atoms with E-state index < -0.39 is 0 Å². The van der Waals surface area contributed by atoms with Crippen LogP contribution in [0.4, 0.5) is 0 Å². The normalized spacial score (nSPS) is 19.1. The summed E-state index contributed by atoms with van der Waals surface area (Å²) in [5.41, 5.74) is 2.55. The fourth-order valence-corrected chi connectivity index (χ4v) is 2.40. The third-order valence-electron chi connectivity index (χ3n) is 2.99. The van der Waals surface area contributed by atoms with E-state index in [4.69, 9.17) is 0 Å². The lowest BCUT2D eigenvalue weighted by Gasteiger charge is -2.07. The summed E-state index contributed by atoms with van der Waals surface area (Å²) >= 11 is 0. The third kappa shape index (κ3) is 0.830. The molecule has 0 saturated heterocycles. The standard InChI is InChI=1S/C12H11NO/c1-8-7-10-4-2-3-9-5-6-11(14)13(8)12(9)10/h2-6,8H,7H2,1H3/t8-/m0/s1. The number of para-hydroxylation sites is 1. The Morgan fingerprint density at radius 2 is 2.14 bits per heavy atom. The van der Waals surface area contributed by atoms with E-state index in [1.54, 1.807) is 6.07 Å². The van der Waals surface area contributed by atoms with Crippen molar-refractivity contribution in [2.75, 3.05) is 0 Å². The van der Waals surface area contributed by atoms with Crippen LogP contribution in [0.2, 0.25) is 0 Å². The molecule has 1 aliphatic heterocycles. The molecule has 0 aliphatic carbocycles. The van der Waals surface area contributed by atoms with Crippen LogP contribution in [0.1, 0.15) is 18.5 Å². The number of hydrogen-bond donors (Lipinski definition) is 0. The van der Waals surface area contributed by atoms with E-state index in [9.17, 15) is 4.79 Å². The van der Waals surface area contributed by atoms with Gasteiger partial charge in [-0.15, -0.1) is 0 Å². The van der Waals surface area contributed by atoms with Crippen molar-refractivity contribution in [2.24, 2.45) is 0 Å². The van der Waals surface area contributed by atoms with Gasteiger partial charge in [-0.25, -0.2) is 0 Å². The minimum absolute atomic E-state index is 0.120. The molecular weight excluding hydrogens is 174 g/mol. The zero-order valence-corrected chi connectivity index (χ0v) is 8.03. The van der Waals surface area contributed by atoms with Crippen LogP contribution in [0.3, 0.4) is 0 Å². The molecule has 0 spiro atoms. The SMILES string of the molecule is C[C@H]1Cc2cccc3ccc(=O)n1c23. The van der Waals surface area contributed by atoms with Crippen LogP contribution in [0, 0.1) is 0 Å². The average Bonchev–Trinajstić information content (AvgIpc) is 2.51. The first-order valence-electron chi connectivity index (χ1n) is 4.90. The van der Waals surface area contributed by atoms with Gasteiger partial charge < -0.3 is 4.57 Å². The highest BCUT2D eigenvalue weighted by atomic mass is 16.1. The molecular formula is C12H11NO. The Morgan fingerprint density at radius 1 is 1.29 bits per heavy atom. The topological polar surface area (TPSA) is 22.0 Å². The van der Waals surface area contributed by atoms with Gasteiger partial charge in [0, 0.05) is 12.1 Å². The molecule has 0 unspecified atom stereocenters. The maximum absolute atomic E-state index is 11.7. The van der Waals surface area contributed by atoms with Crippen molar-refractivity contribution in [3.63, 3.8) is 0 Å². The lowest BCUT2D eigenvalue weighted by molar-refractivity contribution is 0.579. The zero-order chi connectivity index (χ0) is 9.71. The van der Waals surface area contributed by atoms with Gasteiger partial charge in [-0.2, -0.15) is 0 Å². The summed E-state index contributed by atoms with van der Waals surface area (Å²) in [5, 5.41) is 1.17. The maximum Gasteiger partial charge on any atom is 0.251 e. The number of pyridine rings is 1. The highest BCUT2D eigenvalue weighted by molar-refractivity contribution is 5.83. The maximum atomic E-state index is 11.7. The van der Waals surface area contributed by atoms with Crippen molar-refractivity contribution in [2.45, 2.75) is 19.4 Å². The van der Waals surface area contributed by atoms with Crippen LogP contribution in [-0.2, 0) is 6.42 Å². The van der Waals surface area contributed by atoms with Gasteiger partial charge in [-0.1, -0.05) is 18.2 Å². The Bertz CT molecular complexity index is 568.